The van der Waals surface area contributed by atoms with Gasteiger partial charge in [0.15, 0.2) is 5.82 Å². The Bertz CT molecular complexity index is 725. The third-order valence-corrected chi connectivity index (χ3v) is 4.24. The lowest BCUT2D eigenvalue weighted by Gasteiger charge is -2.09. The molecule has 0 bridgehead atoms. The fraction of sp³-hybridized carbons (Fsp3) is 0.385. The molecule has 0 spiro atoms. The van der Waals surface area contributed by atoms with Crippen LogP contribution in [0.4, 0.5) is 0 Å². The molecule has 1 aromatic heterocycles. The van der Waals surface area contributed by atoms with Crippen molar-refractivity contribution in [3.63, 3.8) is 0 Å². The molecule has 0 aliphatic rings. The molecule has 1 aromatic carbocycles. The normalized spacial score (nSPS) is 11.6. The molecular formula is C13H17N3O4S. The number of hydrogen-bond acceptors (Lipinski definition) is 6. The molecule has 0 atom stereocenters. The van der Waals surface area contributed by atoms with E-state index in [2.05, 4.69) is 14.9 Å². The highest BCUT2D eigenvalue weighted by Gasteiger charge is 2.19. The first kappa shape index (κ1) is 15.5. The van der Waals surface area contributed by atoms with Crippen molar-refractivity contribution in [3.05, 3.63) is 24.0 Å². The van der Waals surface area contributed by atoms with Crippen molar-refractivity contribution < 1.29 is 17.7 Å². The lowest BCUT2D eigenvalue weighted by atomic mass is 10.2. The SMILES string of the molecule is CCCNS(=O)(=O)c1ccc(OC)c(-c2nc(C)no2)c1. The van der Waals surface area contributed by atoms with Gasteiger partial charge in [-0.2, -0.15) is 4.98 Å². The van der Waals surface area contributed by atoms with Crippen LogP contribution in [0.1, 0.15) is 19.2 Å². The van der Waals surface area contributed by atoms with E-state index in [0.717, 1.165) is 0 Å². The summed E-state index contributed by atoms with van der Waals surface area (Å²) in [6, 6.07) is 4.50. The highest BCUT2D eigenvalue weighted by Crippen LogP contribution is 2.31. The van der Waals surface area contributed by atoms with E-state index in [1.807, 2.05) is 6.92 Å². The molecular weight excluding hydrogens is 294 g/mol. The van der Waals surface area contributed by atoms with Gasteiger partial charge in [-0.3, -0.25) is 0 Å². The van der Waals surface area contributed by atoms with Gasteiger partial charge in [0.05, 0.1) is 17.6 Å². The average Bonchev–Trinajstić information content (AvgIpc) is 2.91. The van der Waals surface area contributed by atoms with Gasteiger partial charge >= 0.3 is 0 Å². The summed E-state index contributed by atoms with van der Waals surface area (Å²) in [5, 5.41) is 3.70. The summed E-state index contributed by atoms with van der Waals surface area (Å²) < 4.78 is 37.1. The van der Waals surface area contributed by atoms with Gasteiger partial charge < -0.3 is 9.26 Å². The summed E-state index contributed by atoms with van der Waals surface area (Å²) in [6.07, 6.45) is 0.713. The maximum atomic E-state index is 12.2. The molecule has 1 N–H and O–H groups in total. The van der Waals surface area contributed by atoms with Crippen LogP contribution < -0.4 is 9.46 Å². The maximum Gasteiger partial charge on any atom is 0.261 e. The summed E-state index contributed by atoms with van der Waals surface area (Å²) >= 11 is 0. The van der Waals surface area contributed by atoms with E-state index in [0.29, 0.717) is 30.1 Å². The van der Waals surface area contributed by atoms with E-state index in [1.54, 1.807) is 13.0 Å². The second-order valence-corrected chi connectivity index (χ2v) is 6.17. The van der Waals surface area contributed by atoms with Crippen molar-refractivity contribution >= 4 is 10.0 Å². The van der Waals surface area contributed by atoms with Gasteiger partial charge in [0.25, 0.3) is 5.89 Å². The molecule has 0 unspecified atom stereocenters. The standard InChI is InChI=1S/C13H17N3O4S/c1-4-7-14-21(17,18)10-5-6-12(19-3)11(8-10)13-15-9(2)16-20-13/h5-6,8,14H,4,7H2,1-3H3. The van der Waals surface area contributed by atoms with Crippen molar-refractivity contribution in [2.75, 3.05) is 13.7 Å². The Kier molecular flexibility index (Phi) is 4.59. The Balaban J connectivity index is 2.48. The predicted octanol–water partition coefficient (Wildman–Crippen LogP) is 1.74. The lowest BCUT2D eigenvalue weighted by Crippen LogP contribution is -2.24. The van der Waals surface area contributed by atoms with Crippen LogP contribution in [0.5, 0.6) is 5.75 Å². The van der Waals surface area contributed by atoms with Crippen LogP contribution in [0.15, 0.2) is 27.6 Å². The second-order valence-electron chi connectivity index (χ2n) is 4.41. The average molecular weight is 311 g/mol. The van der Waals surface area contributed by atoms with Crippen LogP contribution in [-0.4, -0.2) is 32.2 Å². The number of nitrogens with zero attached hydrogens (tertiary/aromatic N) is 2. The number of sulfonamides is 1. The molecule has 0 aliphatic carbocycles. The topological polar surface area (TPSA) is 94.3 Å². The molecule has 1 heterocycles. The Hall–Kier alpha value is -1.93. The van der Waals surface area contributed by atoms with Crippen LogP contribution in [0, 0.1) is 6.92 Å². The smallest absolute Gasteiger partial charge is 0.261 e. The van der Waals surface area contributed by atoms with Gasteiger partial charge in [0.1, 0.15) is 5.75 Å². The Morgan fingerprint density at radius 3 is 2.71 bits per heavy atom. The highest BCUT2D eigenvalue weighted by molar-refractivity contribution is 7.89. The van der Waals surface area contributed by atoms with Crippen LogP contribution in [-0.2, 0) is 10.0 Å². The molecule has 2 aromatic rings. The zero-order valence-corrected chi connectivity index (χ0v) is 12.9. The fourth-order valence-electron chi connectivity index (χ4n) is 1.75. The zero-order chi connectivity index (χ0) is 15.5. The summed E-state index contributed by atoms with van der Waals surface area (Å²) in [5.74, 6) is 1.15. The van der Waals surface area contributed by atoms with Crippen molar-refractivity contribution in [3.8, 4) is 17.2 Å². The first-order valence-corrected chi connectivity index (χ1v) is 7.94. The lowest BCUT2D eigenvalue weighted by molar-refractivity contribution is 0.403. The minimum Gasteiger partial charge on any atom is -0.496 e. The minimum absolute atomic E-state index is 0.127. The van der Waals surface area contributed by atoms with E-state index in [9.17, 15) is 8.42 Å². The molecule has 0 amide bonds. The number of methoxy groups -OCH3 is 1. The van der Waals surface area contributed by atoms with Gasteiger partial charge in [-0.15, -0.1) is 0 Å². The van der Waals surface area contributed by atoms with Crippen molar-refractivity contribution in [1.82, 2.24) is 14.9 Å². The number of aromatic nitrogens is 2. The second kappa shape index (κ2) is 6.23. The summed E-state index contributed by atoms with van der Waals surface area (Å²) in [7, 11) is -2.07. The first-order chi connectivity index (χ1) is 9.97. The quantitative estimate of drug-likeness (QED) is 0.873. The van der Waals surface area contributed by atoms with E-state index in [4.69, 9.17) is 9.26 Å². The fourth-order valence-corrected chi connectivity index (χ4v) is 2.91. The van der Waals surface area contributed by atoms with Crippen molar-refractivity contribution in [2.45, 2.75) is 25.2 Å². The first-order valence-electron chi connectivity index (χ1n) is 6.46. The zero-order valence-electron chi connectivity index (χ0n) is 12.1. The van der Waals surface area contributed by atoms with Crippen LogP contribution in [0.25, 0.3) is 11.5 Å². The van der Waals surface area contributed by atoms with Crippen molar-refractivity contribution in [1.29, 1.82) is 0 Å². The maximum absolute atomic E-state index is 12.2. The monoisotopic (exact) mass is 311 g/mol. The van der Waals surface area contributed by atoms with Gasteiger partial charge in [-0.25, -0.2) is 13.1 Å². The van der Waals surface area contributed by atoms with Crippen LogP contribution in [0.2, 0.25) is 0 Å². The van der Waals surface area contributed by atoms with Gasteiger partial charge in [0, 0.05) is 6.54 Å². The number of nitrogens with one attached hydrogen (secondary N) is 1. The molecule has 0 saturated heterocycles. The van der Waals surface area contributed by atoms with Gasteiger partial charge in [-0.05, 0) is 31.5 Å². The van der Waals surface area contributed by atoms with Crippen LogP contribution in [0.3, 0.4) is 0 Å². The number of hydrogen-bond donors (Lipinski definition) is 1. The number of benzene rings is 1. The van der Waals surface area contributed by atoms with Crippen LogP contribution >= 0.6 is 0 Å². The molecule has 8 heteroatoms. The van der Waals surface area contributed by atoms with Gasteiger partial charge in [0.2, 0.25) is 10.0 Å². The molecule has 114 valence electrons. The van der Waals surface area contributed by atoms with Crippen molar-refractivity contribution in [2.24, 2.45) is 0 Å². The Labute approximate surface area is 123 Å². The third-order valence-electron chi connectivity index (χ3n) is 2.78. The minimum atomic E-state index is -3.57. The molecule has 7 nitrogen and oxygen atoms in total. The highest BCUT2D eigenvalue weighted by atomic mass is 32.2. The van der Waals surface area contributed by atoms with Gasteiger partial charge in [-0.1, -0.05) is 12.1 Å². The Morgan fingerprint density at radius 2 is 2.14 bits per heavy atom. The molecule has 2 rings (SSSR count). The third kappa shape index (κ3) is 3.40. The summed E-state index contributed by atoms with van der Waals surface area (Å²) in [6.45, 7) is 3.95. The van der Waals surface area contributed by atoms with E-state index in [1.165, 1.54) is 19.2 Å². The van der Waals surface area contributed by atoms with E-state index < -0.39 is 10.0 Å². The summed E-state index contributed by atoms with van der Waals surface area (Å²) in [5.41, 5.74) is 0.442. The molecule has 0 aliphatic heterocycles. The largest absolute Gasteiger partial charge is 0.496 e. The summed E-state index contributed by atoms with van der Waals surface area (Å²) in [4.78, 5) is 4.23. The molecule has 0 saturated carbocycles. The molecule has 0 radical (unpaired) electrons. The Morgan fingerprint density at radius 1 is 1.38 bits per heavy atom. The molecule has 0 fully saturated rings. The number of aryl methyl sites for hydroxylation is 1. The predicted molar refractivity (Wildman–Crippen MR) is 76.5 cm³/mol. The number of rotatable bonds is 6. The molecule has 21 heavy (non-hydrogen) atoms. The van der Waals surface area contributed by atoms with E-state index >= 15 is 0 Å². The van der Waals surface area contributed by atoms with E-state index in [-0.39, 0.29) is 10.8 Å². The number of ether oxygens (including phenoxy) is 1.